The molecule has 98 valence electrons. The standard InChI is InChI=1S/C16H7N3O2/c17-6-8-5-11-13(14(19)12(8)7-18)16(21)10-4-2-1-3-9(10)15(11)20/h1-5H,19H2. The minimum Gasteiger partial charge on any atom is -0.397 e. The van der Waals surface area contributed by atoms with Gasteiger partial charge in [-0.05, 0) is 6.07 Å². The van der Waals surface area contributed by atoms with Gasteiger partial charge in [0.2, 0.25) is 0 Å². The Labute approximate surface area is 119 Å². The van der Waals surface area contributed by atoms with Crippen molar-refractivity contribution in [3.63, 3.8) is 0 Å². The third kappa shape index (κ3) is 1.55. The summed E-state index contributed by atoms with van der Waals surface area (Å²) in [6, 6.07) is 11.3. The average molecular weight is 273 g/mol. The fraction of sp³-hybridized carbons (Fsp3) is 0. The molecule has 0 aliphatic heterocycles. The number of ketones is 2. The highest BCUT2D eigenvalue weighted by Gasteiger charge is 2.33. The molecule has 0 radical (unpaired) electrons. The molecule has 1 aliphatic rings. The predicted molar refractivity (Wildman–Crippen MR) is 73.6 cm³/mol. The summed E-state index contributed by atoms with van der Waals surface area (Å²) in [6.07, 6.45) is 0. The summed E-state index contributed by atoms with van der Waals surface area (Å²) in [5, 5.41) is 18.2. The lowest BCUT2D eigenvalue weighted by Gasteiger charge is -2.19. The number of nitrogens with two attached hydrogens (primary N) is 1. The molecule has 0 amide bonds. The number of hydrogen-bond acceptors (Lipinski definition) is 5. The van der Waals surface area contributed by atoms with E-state index in [0.717, 1.165) is 0 Å². The molecular formula is C16H7N3O2. The minimum atomic E-state index is -0.404. The summed E-state index contributed by atoms with van der Waals surface area (Å²) in [5.41, 5.74) is 6.29. The molecule has 2 aromatic carbocycles. The van der Waals surface area contributed by atoms with Crippen molar-refractivity contribution in [2.45, 2.75) is 0 Å². The Morgan fingerprint density at radius 3 is 2.10 bits per heavy atom. The van der Waals surface area contributed by atoms with Crippen molar-refractivity contribution in [3.8, 4) is 12.1 Å². The van der Waals surface area contributed by atoms with Gasteiger partial charge in [-0.15, -0.1) is 0 Å². The number of fused-ring (bicyclic) bond motifs is 2. The third-order valence-electron chi connectivity index (χ3n) is 3.49. The maximum atomic E-state index is 12.5. The van der Waals surface area contributed by atoms with Gasteiger partial charge in [0.1, 0.15) is 12.1 Å². The highest BCUT2D eigenvalue weighted by atomic mass is 16.1. The van der Waals surface area contributed by atoms with Crippen molar-refractivity contribution in [3.05, 3.63) is 63.7 Å². The van der Waals surface area contributed by atoms with Gasteiger partial charge in [0, 0.05) is 16.7 Å². The first kappa shape index (κ1) is 12.6. The van der Waals surface area contributed by atoms with Crippen LogP contribution in [-0.2, 0) is 0 Å². The van der Waals surface area contributed by atoms with E-state index in [9.17, 15) is 9.59 Å². The summed E-state index contributed by atoms with van der Waals surface area (Å²) in [6.45, 7) is 0. The first-order valence-electron chi connectivity index (χ1n) is 6.05. The molecule has 0 unspecified atom stereocenters. The zero-order chi connectivity index (χ0) is 15.1. The molecule has 0 heterocycles. The van der Waals surface area contributed by atoms with Gasteiger partial charge in [-0.25, -0.2) is 0 Å². The minimum absolute atomic E-state index is 0.00530. The van der Waals surface area contributed by atoms with Crippen molar-refractivity contribution in [1.82, 2.24) is 0 Å². The van der Waals surface area contributed by atoms with Gasteiger partial charge in [0.05, 0.1) is 22.4 Å². The average Bonchev–Trinajstić information content (AvgIpc) is 2.51. The van der Waals surface area contributed by atoms with E-state index in [-0.39, 0.29) is 44.9 Å². The van der Waals surface area contributed by atoms with Crippen LogP contribution in [0.25, 0.3) is 0 Å². The Kier molecular flexibility index (Phi) is 2.57. The Hall–Kier alpha value is -3.44. The SMILES string of the molecule is N#Cc1cc2c(c(N)c1C#N)C(=O)c1ccccc1C2=O. The molecule has 5 heteroatoms. The zero-order valence-electron chi connectivity index (χ0n) is 10.7. The molecule has 0 saturated carbocycles. The lowest BCUT2D eigenvalue weighted by atomic mass is 9.81. The van der Waals surface area contributed by atoms with Crippen LogP contribution in [0.15, 0.2) is 30.3 Å². The predicted octanol–water partition coefficient (Wildman–Crippen LogP) is 1.79. The van der Waals surface area contributed by atoms with Crippen LogP contribution in [0.5, 0.6) is 0 Å². The normalized spacial score (nSPS) is 12.1. The van der Waals surface area contributed by atoms with Gasteiger partial charge in [0.15, 0.2) is 11.6 Å². The van der Waals surface area contributed by atoms with E-state index in [0.29, 0.717) is 0 Å². The first-order valence-corrected chi connectivity index (χ1v) is 6.05. The molecular weight excluding hydrogens is 266 g/mol. The van der Waals surface area contributed by atoms with Crippen molar-refractivity contribution >= 4 is 17.3 Å². The van der Waals surface area contributed by atoms with E-state index in [2.05, 4.69) is 0 Å². The molecule has 5 nitrogen and oxygen atoms in total. The van der Waals surface area contributed by atoms with Gasteiger partial charge < -0.3 is 5.73 Å². The molecule has 0 bridgehead atoms. The maximum Gasteiger partial charge on any atom is 0.196 e. The fourth-order valence-electron chi connectivity index (χ4n) is 2.50. The van der Waals surface area contributed by atoms with E-state index in [1.165, 1.54) is 6.07 Å². The molecule has 0 saturated heterocycles. The number of carbonyl (C=O) groups is 2. The number of nitrogens with zero attached hydrogens (tertiary/aromatic N) is 2. The van der Waals surface area contributed by atoms with Crippen LogP contribution in [0.2, 0.25) is 0 Å². The lowest BCUT2D eigenvalue weighted by Crippen LogP contribution is -2.23. The van der Waals surface area contributed by atoms with Crippen LogP contribution < -0.4 is 5.73 Å². The first-order chi connectivity index (χ1) is 10.1. The van der Waals surface area contributed by atoms with Gasteiger partial charge in [0.25, 0.3) is 0 Å². The second-order valence-corrected chi connectivity index (χ2v) is 4.56. The van der Waals surface area contributed by atoms with E-state index in [1.54, 1.807) is 24.3 Å². The number of nitrogen functional groups attached to an aromatic ring is 1. The van der Waals surface area contributed by atoms with Crippen molar-refractivity contribution in [1.29, 1.82) is 10.5 Å². The van der Waals surface area contributed by atoms with Crippen molar-refractivity contribution in [2.75, 3.05) is 5.73 Å². The van der Waals surface area contributed by atoms with E-state index in [4.69, 9.17) is 16.3 Å². The van der Waals surface area contributed by atoms with Crippen LogP contribution in [0.1, 0.15) is 43.0 Å². The van der Waals surface area contributed by atoms with Gasteiger partial charge in [-0.3, -0.25) is 9.59 Å². The summed E-state index contributed by atoms with van der Waals surface area (Å²) < 4.78 is 0. The zero-order valence-corrected chi connectivity index (χ0v) is 10.7. The number of carbonyl (C=O) groups excluding carboxylic acids is 2. The largest absolute Gasteiger partial charge is 0.397 e. The van der Waals surface area contributed by atoms with E-state index in [1.807, 2.05) is 12.1 Å². The Morgan fingerprint density at radius 2 is 1.52 bits per heavy atom. The molecule has 3 rings (SSSR count). The molecule has 2 N–H and O–H groups in total. The van der Waals surface area contributed by atoms with Crippen molar-refractivity contribution < 1.29 is 9.59 Å². The maximum absolute atomic E-state index is 12.5. The van der Waals surface area contributed by atoms with Crippen LogP contribution in [0, 0.1) is 22.7 Å². The van der Waals surface area contributed by atoms with E-state index >= 15 is 0 Å². The van der Waals surface area contributed by atoms with Crippen LogP contribution in [0.3, 0.4) is 0 Å². The van der Waals surface area contributed by atoms with Gasteiger partial charge >= 0.3 is 0 Å². The Balaban J connectivity index is 2.42. The monoisotopic (exact) mass is 273 g/mol. The summed E-state index contributed by atoms with van der Waals surface area (Å²) >= 11 is 0. The molecule has 1 aliphatic carbocycles. The second-order valence-electron chi connectivity index (χ2n) is 4.56. The van der Waals surface area contributed by atoms with E-state index < -0.39 is 5.78 Å². The third-order valence-corrected chi connectivity index (χ3v) is 3.49. The highest BCUT2D eigenvalue weighted by molar-refractivity contribution is 6.30. The van der Waals surface area contributed by atoms with Crippen LogP contribution in [0.4, 0.5) is 5.69 Å². The van der Waals surface area contributed by atoms with Crippen LogP contribution in [-0.4, -0.2) is 11.6 Å². The number of benzene rings is 2. The quantitative estimate of drug-likeness (QED) is 0.628. The summed E-state index contributed by atoms with van der Waals surface area (Å²) in [7, 11) is 0. The topological polar surface area (TPSA) is 108 Å². The number of hydrogen-bond donors (Lipinski definition) is 1. The molecule has 0 atom stereocenters. The van der Waals surface area contributed by atoms with Crippen molar-refractivity contribution in [2.24, 2.45) is 0 Å². The molecule has 21 heavy (non-hydrogen) atoms. The molecule has 0 aromatic heterocycles. The number of nitriles is 2. The number of rotatable bonds is 0. The second kappa shape index (κ2) is 4.29. The van der Waals surface area contributed by atoms with Crippen LogP contribution >= 0.6 is 0 Å². The molecule has 2 aromatic rings. The Bertz CT molecular complexity index is 914. The fourth-order valence-corrected chi connectivity index (χ4v) is 2.50. The van der Waals surface area contributed by atoms with Gasteiger partial charge in [-0.1, -0.05) is 24.3 Å². The van der Waals surface area contributed by atoms with Gasteiger partial charge in [-0.2, -0.15) is 10.5 Å². The number of anilines is 1. The smallest absolute Gasteiger partial charge is 0.196 e. The highest BCUT2D eigenvalue weighted by Crippen LogP contribution is 2.33. The lowest BCUT2D eigenvalue weighted by molar-refractivity contribution is 0.0979. The molecule has 0 spiro atoms. The molecule has 0 fully saturated rings. The summed E-state index contributed by atoms with van der Waals surface area (Å²) in [5.74, 6) is -0.772. The Morgan fingerprint density at radius 1 is 0.905 bits per heavy atom. The summed E-state index contributed by atoms with van der Waals surface area (Å²) in [4.78, 5) is 25.0.